The van der Waals surface area contributed by atoms with Crippen LogP contribution in [0.25, 0.3) is 11.4 Å². The number of aryl methyl sites for hydroxylation is 2. The Morgan fingerprint density at radius 2 is 2.06 bits per heavy atom. The summed E-state index contributed by atoms with van der Waals surface area (Å²) in [6.07, 6.45) is 1.83. The van der Waals surface area contributed by atoms with E-state index in [2.05, 4.69) is 27.7 Å². The Morgan fingerprint density at radius 1 is 1.31 bits per heavy atom. The molecule has 0 radical (unpaired) electrons. The molecule has 2 rings (SSSR count). The van der Waals surface area contributed by atoms with E-state index < -0.39 is 0 Å². The molecule has 0 spiro atoms. The molecule has 3 nitrogen and oxygen atoms in total. The molecule has 1 unspecified atom stereocenters. The van der Waals surface area contributed by atoms with Crippen LogP contribution in [0, 0.1) is 13.8 Å². The second-order valence-corrected chi connectivity index (χ2v) is 4.74. The van der Waals surface area contributed by atoms with Crippen molar-refractivity contribution in [2.75, 3.05) is 0 Å². The minimum atomic E-state index is -0.0161. The van der Waals surface area contributed by atoms with Crippen LogP contribution in [-0.2, 0) is 0 Å². The summed E-state index contributed by atoms with van der Waals surface area (Å²) in [6.45, 7) is 6.00. The van der Waals surface area contributed by atoms with Crippen LogP contribution in [0.2, 0.25) is 0 Å². The first-order valence-corrected chi connectivity index (χ1v) is 6.16. The largest absolute Gasteiger partial charge is 0.324 e. The van der Waals surface area contributed by atoms with Gasteiger partial charge < -0.3 is 5.73 Å². The van der Waals surface area contributed by atoms with Gasteiger partial charge in [-0.1, -0.05) is 0 Å². The minimum absolute atomic E-state index is 0.0161. The van der Waals surface area contributed by atoms with E-state index in [1.165, 1.54) is 5.56 Å². The summed E-state index contributed by atoms with van der Waals surface area (Å²) >= 11 is 1.67. The van der Waals surface area contributed by atoms with Gasteiger partial charge in [0.25, 0.3) is 0 Å². The molecule has 4 heteroatoms. The van der Waals surface area contributed by atoms with E-state index >= 15 is 0 Å². The van der Waals surface area contributed by atoms with Crippen molar-refractivity contribution >= 4 is 11.3 Å². The second-order valence-electron chi connectivity index (χ2n) is 3.99. The predicted octanol–water partition coefficient (Wildman–Crippen LogP) is 2.84. The summed E-state index contributed by atoms with van der Waals surface area (Å²) in [5, 5.41) is 4.18. The van der Waals surface area contributed by atoms with Crippen molar-refractivity contribution in [2.45, 2.75) is 26.8 Å². The number of aromatic nitrogens is 2. The molecular formula is C12H15N3S. The lowest BCUT2D eigenvalue weighted by Gasteiger charge is -2.09. The fraction of sp³-hybridized carbons (Fsp3) is 0.333. The highest BCUT2D eigenvalue weighted by atomic mass is 32.1. The third-order valence-electron chi connectivity index (χ3n) is 2.60. The first-order chi connectivity index (χ1) is 7.59. The van der Waals surface area contributed by atoms with Gasteiger partial charge in [-0.15, -0.1) is 0 Å². The summed E-state index contributed by atoms with van der Waals surface area (Å²) in [5.74, 6) is 0.792. The standard InChI is InChI=1S/C12H15N3S/c1-7-5-16-6-11(7)12-14-4-10(8(2)13)9(3)15-12/h4-6,8H,13H2,1-3H3. The lowest BCUT2D eigenvalue weighted by atomic mass is 10.1. The Balaban J connectivity index is 2.46. The first-order valence-electron chi connectivity index (χ1n) is 5.22. The zero-order chi connectivity index (χ0) is 11.7. The van der Waals surface area contributed by atoms with Crippen molar-refractivity contribution in [2.24, 2.45) is 5.73 Å². The average Bonchev–Trinajstić information content (AvgIpc) is 2.63. The van der Waals surface area contributed by atoms with Gasteiger partial charge in [0.15, 0.2) is 5.82 Å². The molecule has 2 aromatic heterocycles. The van der Waals surface area contributed by atoms with E-state index in [0.717, 1.165) is 22.6 Å². The van der Waals surface area contributed by atoms with Crippen LogP contribution in [0.4, 0.5) is 0 Å². The summed E-state index contributed by atoms with van der Waals surface area (Å²) in [5.41, 5.74) is 10.1. The van der Waals surface area contributed by atoms with E-state index in [-0.39, 0.29) is 6.04 Å². The molecule has 84 valence electrons. The van der Waals surface area contributed by atoms with Crippen molar-refractivity contribution in [3.05, 3.63) is 33.8 Å². The van der Waals surface area contributed by atoms with Gasteiger partial charge in [0.1, 0.15) is 0 Å². The van der Waals surface area contributed by atoms with E-state index in [1.807, 2.05) is 20.0 Å². The maximum Gasteiger partial charge on any atom is 0.160 e. The van der Waals surface area contributed by atoms with Gasteiger partial charge >= 0.3 is 0 Å². The smallest absolute Gasteiger partial charge is 0.160 e. The molecule has 0 amide bonds. The van der Waals surface area contributed by atoms with Crippen molar-refractivity contribution < 1.29 is 0 Å². The molecule has 0 aliphatic heterocycles. The van der Waals surface area contributed by atoms with Crippen LogP contribution in [0.3, 0.4) is 0 Å². The van der Waals surface area contributed by atoms with Gasteiger partial charge in [-0.05, 0) is 31.7 Å². The quantitative estimate of drug-likeness (QED) is 0.867. The molecule has 0 saturated heterocycles. The average molecular weight is 233 g/mol. The Kier molecular flexibility index (Phi) is 3.03. The second kappa shape index (κ2) is 4.31. The maximum absolute atomic E-state index is 5.84. The first kappa shape index (κ1) is 11.2. The molecule has 16 heavy (non-hydrogen) atoms. The molecular weight excluding hydrogens is 218 g/mol. The molecule has 2 aromatic rings. The molecule has 1 atom stereocenters. The Morgan fingerprint density at radius 3 is 2.56 bits per heavy atom. The molecule has 0 aromatic carbocycles. The lowest BCUT2D eigenvalue weighted by Crippen LogP contribution is -2.09. The Hall–Kier alpha value is -1.26. The number of thiophene rings is 1. The number of hydrogen-bond donors (Lipinski definition) is 1. The SMILES string of the molecule is Cc1cscc1-c1ncc(C(C)N)c(C)n1. The zero-order valence-corrected chi connectivity index (χ0v) is 10.5. The van der Waals surface area contributed by atoms with E-state index in [1.54, 1.807) is 11.3 Å². The lowest BCUT2D eigenvalue weighted by molar-refractivity contribution is 0.790. The highest BCUT2D eigenvalue weighted by Crippen LogP contribution is 2.24. The van der Waals surface area contributed by atoms with Gasteiger partial charge in [0.2, 0.25) is 0 Å². The van der Waals surface area contributed by atoms with Crippen molar-refractivity contribution in [3.8, 4) is 11.4 Å². The monoisotopic (exact) mass is 233 g/mol. The highest BCUT2D eigenvalue weighted by Gasteiger charge is 2.10. The van der Waals surface area contributed by atoms with Crippen LogP contribution < -0.4 is 5.73 Å². The minimum Gasteiger partial charge on any atom is -0.324 e. The number of rotatable bonds is 2. The third-order valence-corrected chi connectivity index (χ3v) is 3.47. The van der Waals surface area contributed by atoms with Crippen LogP contribution in [0.5, 0.6) is 0 Å². The summed E-state index contributed by atoms with van der Waals surface area (Å²) < 4.78 is 0. The van der Waals surface area contributed by atoms with Gasteiger partial charge in [0.05, 0.1) is 0 Å². The molecule has 0 bridgehead atoms. The topological polar surface area (TPSA) is 51.8 Å². The maximum atomic E-state index is 5.84. The Bertz CT molecular complexity index is 503. The highest BCUT2D eigenvalue weighted by molar-refractivity contribution is 7.08. The van der Waals surface area contributed by atoms with Crippen LogP contribution in [0.15, 0.2) is 17.0 Å². The molecule has 2 N–H and O–H groups in total. The number of nitrogens with zero attached hydrogens (tertiary/aromatic N) is 2. The third kappa shape index (κ3) is 1.99. The van der Waals surface area contributed by atoms with Crippen molar-refractivity contribution in [1.29, 1.82) is 0 Å². The van der Waals surface area contributed by atoms with Gasteiger partial charge in [-0.3, -0.25) is 0 Å². The van der Waals surface area contributed by atoms with Gasteiger partial charge in [0, 0.05) is 34.4 Å². The number of hydrogen-bond acceptors (Lipinski definition) is 4. The molecule has 2 heterocycles. The molecule has 0 aliphatic rings. The van der Waals surface area contributed by atoms with Crippen LogP contribution >= 0.6 is 11.3 Å². The van der Waals surface area contributed by atoms with Gasteiger partial charge in [-0.2, -0.15) is 11.3 Å². The van der Waals surface area contributed by atoms with E-state index in [4.69, 9.17) is 5.73 Å². The normalized spacial score (nSPS) is 12.8. The molecule has 0 fully saturated rings. The summed E-state index contributed by atoms with van der Waals surface area (Å²) in [6, 6.07) is -0.0161. The van der Waals surface area contributed by atoms with Gasteiger partial charge in [-0.25, -0.2) is 9.97 Å². The van der Waals surface area contributed by atoms with Crippen molar-refractivity contribution in [3.63, 3.8) is 0 Å². The van der Waals surface area contributed by atoms with E-state index in [0.29, 0.717) is 0 Å². The van der Waals surface area contributed by atoms with E-state index in [9.17, 15) is 0 Å². The van der Waals surface area contributed by atoms with Crippen LogP contribution in [-0.4, -0.2) is 9.97 Å². The Labute approximate surface area is 99.4 Å². The fourth-order valence-corrected chi connectivity index (χ4v) is 2.47. The molecule has 0 saturated carbocycles. The predicted molar refractivity (Wildman–Crippen MR) is 67.4 cm³/mol. The van der Waals surface area contributed by atoms with Crippen molar-refractivity contribution in [1.82, 2.24) is 9.97 Å². The van der Waals surface area contributed by atoms with Crippen LogP contribution in [0.1, 0.15) is 29.8 Å². The summed E-state index contributed by atoms with van der Waals surface area (Å²) in [7, 11) is 0. The number of nitrogens with two attached hydrogens (primary N) is 1. The fourth-order valence-electron chi connectivity index (χ4n) is 1.64. The summed E-state index contributed by atoms with van der Waals surface area (Å²) in [4.78, 5) is 8.89. The zero-order valence-electron chi connectivity index (χ0n) is 9.69. The molecule has 0 aliphatic carbocycles.